The number of nitrogens with one attached hydrogen (secondary N) is 1. The van der Waals surface area contributed by atoms with Crippen LogP contribution in [0.25, 0.3) is 0 Å². The molecule has 2 amide bonds. The van der Waals surface area contributed by atoms with E-state index in [0.717, 1.165) is 0 Å². The molecule has 0 aromatic heterocycles. The molecule has 2 aromatic rings. The minimum atomic E-state index is -0.699. The van der Waals surface area contributed by atoms with Crippen molar-refractivity contribution in [2.45, 2.75) is 12.5 Å². The van der Waals surface area contributed by atoms with E-state index in [1.165, 1.54) is 25.2 Å². The second-order valence-corrected chi connectivity index (χ2v) is 5.83. The summed E-state index contributed by atoms with van der Waals surface area (Å²) in [6.07, 6.45) is 0.409. The summed E-state index contributed by atoms with van der Waals surface area (Å²) in [7, 11) is 2.98. The third-order valence-electron chi connectivity index (χ3n) is 4.30. The number of hydrogen-bond donors (Lipinski definition) is 1. The van der Waals surface area contributed by atoms with Gasteiger partial charge >= 0.3 is 0 Å². The summed E-state index contributed by atoms with van der Waals surface area (Å²) in [4.78, 5) is 26.4. The van der Waals surface area contributed by atoms with E-state index in [1.807, 2.05) is 0 Å². The van der Waals surface area contributed by atoms with Gasteiger partial charge < -0.3 is 19.7 Å². The summed E-state index contributed by atoms with van der Waals surface area (Å²) in [6, 6.07) is 10.1. The maximum absolute atomic E-state index is 13.9. The molecule has 26 heavy (non-hydrogen) atoms. The first kappa shape index (κ1) is 17.7. The van der Waals surface area contributed by atoms with Gasteiger partial charge in [-0.05, 0) is 36.8 Å². The maximum Gasteiger partial charge on any atom is 0.252 e. The molecular weight excluding hydrogens is 339 g/mol. The molecule has 7 heteroatoms. The van der Waals surface area contributed by atoms with Gasteiger partial charge in [-0.25, -0.2) is 4.39 Å². The molecular formula is C19H19FN2O4. The quantitative estimate of drug-likeness (QED) is 0.891. The summed E-state index contributed by atoms with van der Waals surface area (Å²) in [5, 5.41) is 2.70. The molecule has 0 saturated carbocycles. The molecule has 1 N–H and O–H groups in total. The van der Waals surface area contributed by atoms with E-state index >= 15 is 0 Å². The van der Waals surface area contributed by atoms with Gasteiger partial charge in [0.25, 0.3) is 5.91 Å². The highest BCUT2D eigenvalue weighted by Gasteiger charge is 2.34. The maximum atomic E-state index is 13.9. The van der Waals surface area contributed by atoms with Crippen LogP contribution >= 0.6 is 0 Å². The van der Waals surface area contributed by atoms with Gasteiger partial charge in [-0.1, -0.05) is 12.1 Å². The molecule has 1 aliphatic heterocycles. The van der Waals surface area contributed by atoms with E-state index in [9.17, 15) is 14.0 Å². The Hall–Kier alpha value is -3.09. The van der Waals surface area contributed by atoms with Gasteiger partial charge in [-0.15, -0.1) is 0 Å². The highest BCUT2D eigenvalue weighted by molar-refractivity contribution is 6.04. The number of rotatable bonds is 5. The molecule has 0 bridgehead atoms. The minimum absolute atomic E-state index is 0.223. The molecule has 2 aromatic carbocycles. The largest absolute Gasteiger partial charge is 0.493 e. The summed E-state index contributed by atoms with van der Waals surface area (Å²) in [5.74, 6) is -0.270. The zero-order chi connectivity index (χ0) is 18.7. The van der Waals surface area contributed by atoms with Crippen molar-refractivity contribution in [2.75, 3.05) is 25.7 Å². The van der Waals surface area contributed by atoms with Crippen molar-refractivity contribution in [3.63, 3.8) is 0 Å². The number of carbonyl (C=O) groups excluding carboxylic acids is 2. The van der Waals surface area contributed by atoms with Gasteiger partial charge in [0.15, 0.2) is 11.5 Å². The summed E-state index contributed by atoms with van der Waals surface area (Å²) < 4.78 is 24.2. The lowest BCUT2D eigenvalue weighted by Crippen LogP contribution is -2.41. The Morgan fingerprint density at radius 3 is 2.58 bits per heavy atom. The smallest absolute Gasteiger partial charge is 0.252 e. The van der Waals surface area contributed by atoms with Crippen LogP contribution in [0.1, 0.15) is 16.8 Å². The Bertz CT molecular complexity index is 840. The fourth-order valence-corrected chi connectivity index (χ4v) is 2.94. The van der Waals surface area contributed by atoms with Crippen LogP contribution in [0.2, 0.25) is 0 Å². The Balaban J connectivity index is 1.73. The summed E-state index contributed by atoms with van der Waals surface area (Å²) in [6.45, 7) is 0.344. The van der Waals surface area contributed by atoms with E-state index in [0.29, 0.717) is 30.0 Å². The topological polar surface area (TPSA) is 67.9 Å². The van der Waals surface area contributed by atoms with Crippen LogP contribution in [0.3, 0.4) is 0 Å². The van der Waals surface area contributed by atoms with E-state index in [4.69, 9.17) is 9.47 Å². The minimum Gasteiger partial charge on any atom is -0.493 e. The average molecular weight is 358 g/mol. The fraction of sp³-hybridized carbons (Fsp3) is 0.263. The molecule has 0 aliphatic carbocycles. The molecule has 136 valence electrons. The number of hydrogen-bond acceptors (Lipinski definition) is 4. The fourth-order valence-electron chi connectivity index (χ4n) is 2.94. The lowest BCUT2D eigenvalue weighted by atomic mass is 10.1. The van der Waals surface area contributed by atoms with Crippen molar-refractivity contribution in [2.24, 2.45) is 0 Å². The van der Waals surface area contributed by atoms with Crippen LogP contribution in [0, 0.1) is 5.82 Å². The highest BCUT2D eigenvalue weighted by atomic mass is 19.1. The predicted molar refractivity (Wildman–Crippen MR) is 94.2 cm³/mol. The molecule has 3 rings (SSSR count). The van der Waals surface area contributed by atoms with Crippen LogP contribution in [-0.4, -0.2) is 38.6 Å². The summed E-state index contributed by atoms with van der Waals surface area (Å²) in [5.41, 5.74) is 0.570. The third-order valence-corrected chi connectivity index (χ3v) is 4.30. The third kappa shape index (κ3) is 3.33. The van der Waals surface area contributed by atoms with Crippen LogP contribution in [0.15, 0.2) is 42.5 Å². The number of ether oxygens (including phenoxy) is 2. The van der Waals surface area contributed by atoms with E-state index in [2.05, 4.69) is 5.32 Å². The van der Waals surface area contributed by atoms with Crippen molar-refractivity contribution in [1.82, 2.24) is 5.32 Å². The van der Waals surface area contributed by atoms with E-state index < -0.39 is 17.8 Å². The number of benzene rings is 2. The van der Waals surface area contributed by atoms with E-state index in [1.54, 1.807) is 36.4 Å². The second kappa shape index (κ2) is 7.43. The number of anilines is 1. The molecule has 1 saturated heterocycles. The molecule has 1 aliphatic rings. The molecule has 0 radical (unpaired) electrons. The van der Waals surface area contributed by atoms with Crippen molar-refractivity contribution in [3.05, 3.63) is 53.8 Å². The second-order valence-electron chi connectivity index (χ2n) is 5.83. The van der Waals surface area contributed by atoms with Gasteiger partial charge in [-0.3, -0.25) is 9.59 Å². The number of carbonyl (C=O) groups is 2. The van der Waals surface area contributed by atoms with E-state index in [-0.39, 0.29) is 11.6 Å². The van der Waals surface area contributed by atoms with Crippen LogP contribution in [0.4, 0.5) is 10.1 Å². The number of nitrogens with zero attached hydrogens (tertiary/aromatic N) is 1. The van der Waals surface area contributed by atoms with Crippen LogP contribution in [-0.2, 0) is 4.79 Å². The highest BCUT2D eigenvalue weighted by Crippen LogP contribution is 2.28. The first-order valence-corrected chi connectivity index (χ1v) is 8.14. The molecule has 1 unspecified atom stereocenters. The first-order chi connectivity index (χ1) is 12.5. The van der Waals surface area contributed by atoms with Gasteiger partial charge in [0, 0.05) is 12.1 Å². The Kier molecular flexibility index (Phi) is 5.06. The van der Waals surface area contributed by atoms with Gasteiger partial charge in [0.05, 0.1) is 19.9 Å². The normalized spacial score (nSPS) is 16.5. The lowest BCUT2D eigenvalue weighted by molar-refractivity contribution is -0.118. The van der Waals surface area contributed by atoms with Crippen molar-refractivity contribution in [1.29, 1.82) is 0 Å². The lowest BCUT2D eigenvalue weighted by Gasteiger charge is -2.18. The van der Waals surface area contributed by atoms with Crippen molar-refractivity contribution >= 4 is 17.5 Å². The molecule has 0 spiro atoms. The number of amides is 2. The zero-order valence-electron chi connectivity index (χ0n) is 14.5. The number of halogens is 1. The number of para-hydroxylation sites is 1. The monoisotopic (exact) mass is 358 g/mol. The van der Waals surface area contributed by atoms with Crippen molar-refractivity contribution in [3.8, 4) is 11.5 Å². The Morgan fingerprint density at radius 1 is 1.15 bits per heavy atom. The first-order valence-electron chi connectivity index (χ1n) is 8.14. The standard InChI is InChI=1S/C19H19FN2O4/c1-25-16-8-7-12(11-17(16)26-2)18(23)21-14-9-10-22(19(14)24)15-6-4-3-5-13(15)20/h3-8,11,14H,9-10H2,1-2H3,(H,21,23). The van der Waals surface area contributed by atoms with Gasteiger partial charge in [0.1, 0.15) is 11.9 Å². The van der Waals surface area contributed by atoms with Crippen LogP contribution < -0.4 is 19.7 Å². The van der Waals surface area contributed by atoms with Crippen LogP contribution in [0.5, 0.6) is 11.5 Å². The predicted octanol–water partition coefficient (Wildman–Crippen LogP) is 2.38. The Labute approximate surface area is 150 Å². The molecule has 1 fully saturated rings. The zero-order valence-corrected chi connectivity index (χ0v) is 14.5. The molecule has 6 nitrogen and oxygen atoms in total. The van der Waals surface area contributed by atoms with Gasteiger partial charge in [0.2, 0.25) is 5.91 Å². The number of methoxy groups -OCH3 is 2. The average Bonchev–Trinajstić information content (AvgIpc) is 3.01. The Morgan fingerprint density at radius 2 is 1.88 bits per heavy atom. The van der Waals surface area contributed by atoms with Crippen molar-refractivity contribution < 1.29 is 23.5 Å². The summed E-state index contributed by atoms with van der Waals surface area (Å²) >= 11 is 0. The molecule has 1 atom stereocenters. The van der Waals surface area contributed by atoms with Gasteiger partial charge in [-0.2, -0.15) is 0 Å². The SMILES string of the molecule is COc1ccc(C(=O)NC2CCN(c3ccccc3F)C2=O)cc1OC. The molecule has 1 heterocycles.